The van der Waals surface area contributed by atoms with Crippen LogP contribution >= 0.6 is 11.6 Å². The van der Waals surface area contributed by atoms with Crippen LogP contribution < -0.4 is 0 Å². The van der Waals surface area contributed by atoms with Crippen molar-refractivity contribution in [3.63, 3.8) is 0 Å². The monoisotopic (exact) mass is 221 g/mol. The zero-order valence-electron chi connectivity index (χ0n) is 8.82. The molecule has 1 fully saturated rings. The van der Waals surface area contributed by atoms with Gasteiger partial charge in [-0.15, -0.1) is 11.6 Å². The molecule has 0 N–H and O–H groups in total. The smallest absolute Gasteiger partial charge is 0.0366 e. The predicted octanol–water partition coefficient (Wildman–Crippen LogP) is 2.99. The molecule has 80 valence electrons. The maximum absolute atomic E-state index is 6.28. The Labute approximate surface area is 96.0 Å². The molecule has 2 atom stereocenters. The minimum Gasteiger partial charge on any atom is -0.296 e. The van der Waals surface area contributed by atoms with E-state index in [1.807, 2.05) is 0 Å². The van der Waals surface area contributed by atoms with Crippen molar-refractivity contribution in [1.82, 2.24) is 4.90 Å². The van der Waals surface area contributed by atoms with Gasteiger partial charge in [0, 0.05) is 24.5 Å². The summed E-state index contributed by atoms with van der Waals surface area (Å²) in [6.45, 7) is 2.39. The first-order valence-electron chi connectivity index (χ1n) is 5.80. The number of benzene rings is 1. The highest BCUT2D eigenvalue weighted by Crippen LogP contribution is 2.37. The van der Waals surface area contributed by atoms with Crippen molar-refractivity contribution in [3.05, 3.63) is 35.4 Å². The quantitative estimate of drug-likeness (QED) is 0.609. The van der Waals surface area contributed by atoms with E-state index in [0.29, 0.717) is 11.4 Å². The lowest BCUT2D eigenvalue weighted by atomic mass is 9.87. The summed E-state index contributed by atoms with van der Waals surface area (Å²) in [6, 6.07) is 9.44. The zero-order chi connectivity index (χ0) is 10.3. The Kier molecular flexibility index (Phi) is 2.45. The highest BCUT2D eigenvalue weighted by Gasteiger charge is 2.32. The van der Waals surface area contributed by atoms with Gasteiger partial charge in [-0.2, -0.15) is 0 Å². The summed E-state index contributed by atoms with van der Waals surface area (Å²) in [5.41, 5.74) is 3.05. The molecule has 2 heteroatoms. The van der Waals surface area contributed by atoms with E-state index in [9.17, 15) is 0 Å². The number of piperidine rings is 1. The second kappa shape index (κ2) is 3.80. The minimum absolute atomic E-state index is 0.373. The average molecular weight is 222 g/mol. The SMILES string of the molecule is Cl[C@@H]1CCN2CCc3ccccc3[C@@H]2C1. The Hall–Kier alpha value is -0.530. The lowest BCUT2D eigenvalue weighted by Crippen LogP contribution is -2.41. The lowest BCUT2D eigenvalue weighted by Gasteiger charge is -2.42. The van der Waals surface area contributed by atoms with Crippen LogP contribution in [-0.4, -0.2) is 23.4 Å². The lowest BCUT2D eigenvalue weighted by molar-refractivity contribution is 0.141. The fraction of sp³-hybridized carbons (Fsp3) is 0.538. The summed E-state index contributed by atoms with van der Waals surface area (Å²) < 4.78 is 0. The van der Waals surface area contributed by atoms with Gasteiger partial charge in [0.15, 0.2) is 0 Å². The molecule has 0 aliphatic carbocycles. The van der Waals surface area contributed by atoms with Crippen molar-refractivity contribution < 1.29 is 0 Å². The number of halogens is 1. The van der Waals surface area contributed by atoms with Crippen LogP contribution in [0.25, 0.3) is 0 Å². The van der Waals surface area contributed by atoms with E-state index in [2.05, 4.69) is 29.2 Å². The molecule has 0 spiro atoms. The number of hydrogen-bond donors (Lipinski definition) is 0. The van der Waals surface area contributed by atoms with Crippen molar-refractivity contribution in [2.45, 2.75) is 30.7 Å². The van der Waals surface area contributed by atoms with Gasteiger partial charge in [-0.05, 0) is 30.4 Å². The highest BCUT2D eigenvalue weighted by atomic mass is 35.5. The Morgan fingerprint density at radius 1 is 1.20 bits per heavy atom. The molecule has 1 saturated heterocycles. The van der Waals surface area contributed by atoms with Crippen LogP contribution in [0.3, 0.4) is 0 Å². The molecule has 15 heavy (non-hydrogen) atoms. The van der Waals surface area contributed by atoms with Crippen LogP contribution in [0.4, 0.5) is 0 Å². The Bertz CT molecular complexity index is 363. The first-order chi connectivity index (χ1) is 7.34. The molecule has 2 aliphatic heterocycles. The summed E-state index contributed by atoms with van der Waals surface area (Å²) in [5.74, 6) is 0. The number of nitrogens with zero attached hydrogens (tertiary/aromatic N) is 1. The van der Waals surface area contributed by atoms with Crippen LogP contribution in [0.2, 0.25) is 0 Å². The van der Waals surface area contributed by atoms with E-state index in [-0.39, 0.29) is 0 Å². The molecule has 1 aromatic rings. The first-order valence-corrected chi connectivity index (χ1v) is 6.24. The normalized spacial score (nSPS) is 30.7. The third kappa shape index (κ3) is 1.68. The van der Waals surface area contributed by atoms with Gasteiger partial charge in [0.1, 0.15) is 0 Å². The van der Waals surface area contributed by atoms with Crippen molar-refractivity contribution >= 4 is 11.6 Å². The van der Waals surface area contributed by atoms with Gasteiger partial charge in [0.2, 0.25) is 0 Å². The third-order valence-corrected chi connectivity index (χ3v) is 4.13. The summed E-state index contributed by atoms with van der Waals surface area (Å²) in [7, 11) is 0. The Balaban J connectivity index is 1.96. The van der Waals surface area contributed by atoms with Gasteiger partial charge in [-0.3, -0.25) is 4.90 Å². The molecule has 1 nitrogen and oxygen atoms in total. The maximum Gasteiger partial charge on any atom is 0.0366 e. The highest BCUT2D eigenvalue weighted by molar-refractivity contribution is 6.20. The molecule has 0 radical (unpaired) electrons. The number of rotatable bonds is 0. The summed E-state index contributed by atoms with van der Waals surface area (Å²) >= 11 is 6.28. The molecule has 0 unspecified atom stereocenters. The molecule has 1 aromatic carbocycles. The first kappa shape index (κ1) is 9.68. The molecule has 0 aromatic heterocycles. The molecule has 3 rings (SSSR count). The van der Waals surface area contributed by atoms with E-state index < -0.39 is 0 Å². The van der Waals surface area contributed by atoms with Crippen molar-refractivity contribution in [2.75, 3.05) is 13.1 Å². The predicted molar refractivity (Wildman–Crippen MR) is 63.3 cm³/mol. The van der Waals surface area contributed by atoms with Gasteiger partial charge >= 0.3 is 0 Å². The average Bonchev–Trinajstić information content (AvgIpc) is 2.29. The Morgan fingerprint density at radius 3 is 3.00 bits per heavy atom. The van der Waals surface area contributed by atoms with Crippen LogP contribution in [0, 0.1) is 0 Å². The van der Waals surface area contributed by atoms with Gasteiger partial charge in [-0.1, -0.05) is 24.3 Å². The number of alkyl halides is 1. The summed E-state index contributed by atoms with van der Waals surface area (Å²) in [5, 5.41) is 0.373. The second-order valence-corrected chi connectivity index (χ2v) is 5.24. The van der Waals surface area contributed by atoms with Gasteiger partial charge in [0.05, 0.1) is 0 Å². The van der Waals surface area contributed by atoms with Gasteiger partial charge in [-0.25, -0.2) is 0 Å². The van der Waals surface area contributed by atoms with Gasteiger partial charge in [0.25, 0.3) is 0 Å². The summed E-state index contributed by atoms with van der Waals surface area (Å²) in [6.07, 6.45) is 3.48. The molecule has 2 heterocycles. The van der Waals surface area contributed by atoms with Crippen molar-refractivity contribution in [3.8, 4) is 0 Å². The van der Waals surface area contributed by atoms with E-state index in [1.165, 1.54) is 30.6 Å². The van der Waals surface area contributed by atoms with E-state index >= 15 is 0 Å². The molecular formula is C13H16ClN. The molecular weight excluding hydrogens is 206 g/mol. The van der Waals surface area contributed by atoms with Gasteiger partial charge < -0.3 is 0 Å². The van der Waals surface area contributed by atoms with Crippen LogP contribution in [-0.2, 0) is 6.42 Å². The van der Waals surface area contributed by atoms with E-state index in [0.717, 1.165) is 12.8 Å². The van der Waals surface area contributed by atoms with Crippen molar-refractivity contribution in [1.29, 1.82) is 0 Å². The Morgan fingerprint density at radius 2 is 2.07 bits per heavy atom. The number of fused-ring (bicyclic) bond motifs is 3. The topological polar surface area (TPSA) is 3.24 Å². The fourth-order valence-corrected chi connectivity index (χ4v) is 3.18. The van der Waals surface area contributed by atoms with Crippen LogP contribution in [0.5, 0.6) is 0 Å². The largest absolute Gasteiger partial charge is 0.296 e. The zero-order valence-corrected chi connectivity index (χ0v) is 9.58. The summed E-state index contributed by atoms with van der Waals surface area (Å²) in [4.78, 5) is 2.60. The van der Waals surface area contributed by atoms with Crippen molar-refractivity contribution in [2.24, 2.45) is 0 Å². The molecule has 0 bridgehead atoms. The second-order valence-electron chi connectivity index (χ2n) is 4.62. The maximum atomic E-state index is 6.28. The molecule has 0 saturated carbocycles. The van der Waals surface area contributed by atoms with Crippen LogP contribution in [0.15, 0.2) is 24.3 Å². The molecule has 2 aliphatic rings. The van der Waals surface area contributed by atoms with E-state index in [4.69, 9.17) is 11.6 Å². The minimum atomic E-state index is 0.373. The number of hydrogen-bond acceptors (Lipinski definition) is 1. The fourth-order valence-electron chi connectivity index (χ4n) is 2.91. The standard InChI is InChI=1S/C13H16ClN/c14-11-6-8-15-7-5-10-3-1-2-4-12(10)13(15)9-11/h1-4,11,13H,5-9H2/t11-,13+/m1/s1. The van der Waals surface area contributed by atoms with E-state index in [1.54, 1.807) is 0 Å². The third-order valence-electron chi connectivity index (χ3n) is 3.73. The van der Waals surface area contributed by atoms with Crippen LogP contribution in [0.1, 0.15) is 30.0 Å². The molecule has 0 amide bonds.